The summed E-state index contributed by atoms with van der Waals surface area (Å²) >= 11 is 0. The number of alkyl halides is 3. The molecule has 1 unspecified atom stereocenters. The summed E-state index contributed by atoms with van der Waals surface area (Å²) in [6.07, 6.45) is -4.52. The van der Waals surface area contributed by atoms with E-state index in [-0.39, 0.29) is 37.6 Å². The van der Waals surface area contributed by atoms with E-state index in [4.69, 9.17) is 5.26 Å². The van der Waals surface area contributed by atoms with Gasteiger partial charge < -0.3 is 15.1 Å². The molecule has 1 saturated heterocycles. The summed E-state index contributed by atoms with van der Waals surface area (Å²) in [6.45, 7) is 0.495. The lowest BCUT2D eigenvalue weighted by atomic mass is 10.0. The number of hydrogen-bond donors (Lipinski definition) is 1. The topological polar surface area (TPSA) is 76.4 Å². The standard InChI is InChI=1S/C22H21F3N4O2/c1-27-21(31)19-14-28(20(30)11-15-5-3-2-4-6-15)9-10-29(19)17-8-7-16(13-26)18(12-17)22(23,24)25/h2-8,12,19H,9-11,14H2,1H3,(H,27,31). The Bertz CT molecular complexity index is 1000. The van der Waals surface area contributed by atoms with Gasteiger partial charge in [0.1, 0.15) is 6.04 Å². The van der Waals surface area contributed by atoms with Gasteiger partial charge in [-0.1, -0.05) is 30.3 Å². The number of halogens is 3. The monoisotopic (exact) mass is 430 g/mol. The Morgan fingerprint density at radius 3 is 2.48 bits per heavy atom. The van der Waals surface area contributed by atoms with Gasteiger partial charge in [0, 0.05) is 25.8 Å². The number of benzene rings is 2. The number of rotatable bonds is 4. The number of amides is 2. The normalized spacial score (nSPS) is 16.5. The van der Waals surface area contributed by atoms with Crippen molar-refractivity contribution in [2.24, 2.45) is 0 Å². The molecule has 1 N–H and O–H groups in total. The van der Waals surface area contributed by atoms with Crippen LogP contribution in [0.3, 0.4) is 0 Å². The molecule has 0 bridgehead atoms. The summed E-state index contributed by atoms with van der Waals surface area (Å²) in [5, 5.41) is 11.5. The van der Waals surface area contributed by atoms with Crippen LogP contribution in [0.2, 0.25) is 0 Å². The number of likely N-dealkylation sites (N-methyl/N-ethyl adjacent to an activating group) is 1. The third kappa shape index (κ3) is 4.97. The number of carbonyl (C=O) groups excluding carboxylic acids is 2. The molecule has 0 spiro atoms. The zero-order valence-corrected chi connectivity index (χ0v) is 16.8. The van der Waals surface area contributed by atoms with Crippen LogP contribution in [0.25, 0.3) is 0 Å². The van der Waals surface area contributed by atoms with E-state index in [1.165, 1.54) is 13.1 Å². The van der Waals surface area contributed by atoms with Crippen LogP contribution in [-0.2, 0) is 22.2 Å². The molecular formula is C22H21F3N4O2. The van der Waals surface area contributed by atoms with Crippen molar-refractivity contribution in [3.63, 3.8) is 0 Å². The van der Waals surface area contributed by atoms with Gasteiger partial charge in [0.2, 0.25) is 11.8 Å². The van der Waals surface area contributed by atoms with Crippen LogP contribution in [0.5, 0.6) is 0 Å². The van der Waals surface area contributed by atoms with E-state index in [0.717, 1.165) is 17.7 Å². The van der Waals surface area contributed by atoms with Crippen molar-refractivity contribution >= 4 is 17.5 Å². The first-order valence-corrected chi connectivity index (χ1v) is 9.66. The Labute approximate surface area is 177 Å². The molecule has 0 aromatic heterocycles. The minimum atomic E-state index is -4.70. The second-order valence-electron chi connectivity index (χ2n) is 7.17. The first kappa shape index (κ1) is 22.2. The van der Waals surface area contributed by atoms with Crippen molar-refractivity contribution < 1.29 is 22.8 Å². The fourth-order valence-corrected chi connectivity index (χ4v) is 3.63. The Kier molecular flexibility index (Phi) is 6.49. The molecule has 9 heteroatoms. The average molecular weight is 430 g/mol. The molecule has 0 radical (unpaired) electrons. The Morgan fingerprint density at radius 2 is 1.87 bits per heavy atom. The van der Waals surface area contributed by atoms with E-state index >= 15 is 0 Å². The number of nitrogens with zero attached hydrogens (tertiary/aromatic N) is 3. The van der Waals surface area contributed by atoms with Crippen LogP contribution < -0.4 is 10.2 Å². The zero-order valence-electron chi connectivity index (χ0n) is 16.8. The van der Waals surface area contributed by atoms with Gasteiger partial charge in [0.25, 0.3) is 0 Å². The van der Waals surface area contributed by atoms with Crippen molar-refractivity contribution in [2.75, 3.05) is 31.6 Å². The highest BCUT2D eigenvalue weighted by Crippen LogP contribution is 2.35. The summed E-state index contributed by atoms with van der Waals surface area (Å²) in [5.41, 5.74) is -0.515. The predicted octanol–water partition coefficient (Wildman–Crippen LogP) is 2.58. The lowest BCUT2D eigenvalue weighted by molar-refractivity contribution is -0.137. The van der Waals surface area contributed by atoms with Gasteiger partial charge in [-0.2, -0.15) is 18.4 Å². The summed E-state index contributed by atoms with van der Waals surface area (Å²) in [4.78, 5) is 28.3. The van der Waals surface area contributed by atoms with Gasteiger partial charge in [-0.15, -0.1) is 0 Å². The van der Waals surface area contributed by atoms with Crippen molar-refractivity contribution in [3.8, 4) is 6.07 Å². The maximum Gasteiger partial charge on any atom is 0.417 e. The van der Waals surface area contributed by atoms with E-state index in [1.807, 2.05) is 30.3 Å². The van der Waals surface area contributed by atoms with Crippen LogP contribution in [0.4, 0.5) is 18.9 Å². The Morgan fingerprint density at radius 1 is 1.16 bits per heavy atom. The van der Waals surface area contributed by atoms with Crippen LogP contribution in [0.1, 0.15) is 16.7 Å². The molecule has 1 aliphatic heterocycles. The summed E-state index contributed by atoms with van der Waals surface area (Å²) in [6, 6.07) is 13.3. The predicted molar refractivity (Wildman–Crippen MR) is 108 cm³/mol. The molecule has 1 aliphatic rings. The molecular weight excluding hydrogens is 409 g/mol. The van der Waals surface area contributed by atoms with E-state index in [2.05, 4.69) is 5.32 Å². The first-order chi connectivity index (χ1) is 14.7. The average Bonchev–Trinajstić information content (AvgIpc) is 2.77. The van der Waals surface area contributed by atoms with Crippen LogP contribution in [0.15, 0.2) is 48.5 Å². The summed E-state index contributed by atoms with van der Waals surface area (Å²) in [5.74, 6) is -0.564. The van der Waals surface area contributed by atoms with Crippen molar-refractivity contribution in [1.82, 2.24) is 10.2 Å². The number of piperazine rings is 1. The molecule has 1 heterocycles. The molecule has 3 rings (SSSR count). The molecule has 0 aliphatic carbocycles. The zero-order chi connectivity index (χ0) is 22.6. The second kappa shape index (κ2) is 9.08. The van der Waals surface area contributed by atoms with Crippen LogP contribution >= 0.6 is 0 Å². The SMILES string of the molecule is CNC(=O)C1CN(C(=O)Cc2ccccc2)CCN1c1ccc(C#N)c(C(F)(F)F)c1. The number of nitriles is 1. The second-order valence-corrected chi connectivity index (χ2v) is 7.17. The van der Waals surface area contributed by atoms with Crippen LogP contribution in [0, 0.1) is 11.3 Å². The fourth-order valence-electron chi connectivity index (χ4n) is 3.63. The minimum Gasteiger partial charge on any atom is -0.357 e. The van der Waals surface area contributed by atoms with Gasteiger partial charge in [-0.3, -0.25) is 9.59 Å². The van der Waals surface area contributed by atoms with E-state index in [1.54, 1.807) is 15.9 Å². The van der Waals surface area contributed by atoms with E-state index in [9.17, 15) is 22.8 Å². The Balaban J connectivity index is 1.85. The largest absolute Gasteiger partial charge is 0.417 e. The maximum absolute atomic E-state index is 13.4. The molecule has 2 aromatic carbocycles. The van der Waals surface area contributed by atoms with Crippen LogP contribution in [-0.4, -0.2) is 49.4 Å². The molecule has 1 atom stereocenters. The number of anilines is 1. The first-order valence-electron chi connectivity index (χ1n) is 9.66. The molecule has 6 nitrogen and oxygen atoms in total. The van der Waals surface area contributed by atoms with Crippen molar-refractivity contribution in [3.05, 3.63) is 65.2 Å². The van der Waals surface area contributed by atoms with Gasteiger partial charge in [-0.05, 0) is 23.8 Å². The van der Waals surface area contributed by atoms with Crippen molar-refractivity contribution in [2.45, 2.75) is 18.6 Å². The summed E-state index contributed by atoms with van der Waals surface area (Å²) in [7, 11) is 1.44. The minimum absolute atomic E-state index is 0.0483. The van der Waals surface area contributed by atoms with Gasteiger partial charge in [-0.25, -0.2) is 0 Å². The van der Waals surface area contributed by atoms with E-state index in [0.29, 0.717) is 0 Å². The molecule has 162 valence electrons. The smallest absolute Gasteiger partial charge is 0.357 e. The molecule has 2 amide bonds. The van der Waals surface area contributed by atoms with Crippen molar-refractivity contribution in [1.29, 1.82) is 5.26 Å². The highest BCUT2D eigenvalue weighted by Gasteiger charge is 2.37. The number of carbonyl (C=O) groups is 2. The van der Waals surface area contributed by atoms with E-state index < -0.39 is 29.3 Å². The quantitative estimate of drug-likeness (QED) is 0.809. The third-order valence-corrected chi connectivity index (χ3v) is 5.24. The van der Waals surface area contributed by atoms with Gasteiger partial charge in [0.15, 0.2) is 0 Å². The Hall–Kier alpha value is -3.54. The highest BCUT2D eigenvalue weighted by molar-refractivity contribution is 5.87. The third-order valence-electron chi connectivity index (χ3n) is 5.24. The number of nitrogens with one attached hydrogen (secondary N) is 1. The number of hydrogen-bond acceptors (Lipinski definition) is 4. The molecule has 1 fully saturated rings. The van der Waals surface area contributed by atoms with Gasteiger partial charge in [0.05, 0.1) is 30.2 Å². The molecule has 31 heavy (non-hydrogen) atoms. The lowest BCUT2D eigenvalue weighted by Gasteiger charge is -2.42. The maximum atomic E-state index is 13.4. The summed E-state index contributed by atoms with van der Waals surface area (Å²) < 4.78 is 40.1. The highest BCUT2D eigenvalue weighted by atomic mass is 19.4. The fraction of sp³-hybridized carbons (Fsp3) is 0.318. The molecule has 2 aromatic rings. The van der Waals surface area contributed by atoms with Gasteiger partial charge >= 0.3 is 6.18 Å². The molecule has 0 saturated carbocycles. The lowest BCUT2D eigenvalue weighted by Crippen LogP contribution is -2.60.